The van der Waals surface area contributed by atoms with E-state index in [9.17, 15) is 9.59 Å². The summed E-state index contributed by atoms with van der Waals surface area (Å²) in [4.78, 5) is 28.0. The minimum Gasteiger partial charge on any atom is -0.478 e. The molecule has 6 heteroatoms. The summed E-state index contributed by atoms with van der Waals surface area (Å²) in [7, 11) is 0. The summed E-state index contributed by atoms with van der Waals surface area (Å²) in [6.45, 7) is 1.67. The average molecular weight is 260 g/mol. The van der Waals surface area contributed by atoms with Crippen molar-refractivity contribution in [3.63, 3.8) is 0 Å². The van der Waals surface area contributed by atoms with Gasteiger partial charge in [0.1, 0.15) is 0 Å². The summed E-state index contributed by atoms with van der Waals surface area (Å²) in [5, 5.41) is 16.9. The van der Waals surface area contributed by atoms with Crippen molar-refractivity contribution in [1.82, 2.24) is 9.97 Å². The Morgan fingerprint density at radius 2 is 1.74 bits per heavy atom. The highest BCUT2D eigenvalue weighted by Gasteiger charge is 2.04. The Balaban J connectivity index is 0.000000191. The van der Waals surface area contributed by atoms with Crippen LogP contribution < -0.4 is 0 Å². The Hall–Kier alpha value is -2.76. The molecule has 6 nitrogen and oxygen atoms in total. The first-order chi connectivity index (χ1) is 9.02. The number of carbonyl (C=O) groups is 2. The Morgan fingerprint density at radius 3 is 2.11 bits per heavy atom. The largest absolute Gasteiger partial charge is 0.478 e. The molecule has 2 aromatic heterocycles. The molecule has 2 aromatic rings. The molecule has 98 valence electrons. The monoisotopic (exact) mass is 260 g/mol. The highest BCUT2D eigenvalue weighted by molar-refractivity contribution is 5.88. The van der Waals surface area contributed by atoms with Crippen LogP contribution in [0.25, 0.3) is 0 Å². The summed E-state index contributed by atoms with van der Waals surface area (Å²) < 4.78 is 0. The van der Waals surface area contributed by atoms with E-state index < -0.39 is 11.9 Å². The van der Waals surface area contributed by atoms with Crippen molar-refractivity contribution in [2.24, 2.45) is 0 Å². The normalized spacial score (nSPS) is 9.11. The quantitative estimate of drug-likeness (QED) is 0.854. The van der Waals surface area contributed by atoms with Crippen molar-refractivity contribution in [3.8, 4) is 0 Å². The van der Waals surface area contributed by atoms with E-state index in [0.717, 1.165) is 0 Å². The van der Waals surface area contributed by atoms with Crippen molar-refractivity contribution in [2.45, 2.75) is 6.92 Å². The molecule has 0 spiro atoms. The first-order valence-corrected chi connectivity index (χ1v) is 5.30. The molecule has 0 aliphatic carbocycles. The topological polar surface area (TPSA) is 100 Å². The zero-order valence-corrected chi connectivity index (χ0v) is 10.1. The van der Waals surface area contributed by atoms with Crippen LogP contribution in [0.2, 0.25) is 0 Å². The number of hydrogen-bond acceptors (Lipinski definition) is 4. The number of rotatable bonds is 2. The lowest BCUT2D eigenvalue weighted by molar-refractivity contribution is 0.0685. The highest BCUT2D eigenvalue weighted by Crippen LogP contribution is 2.01. The molecule has 0 bridgehead atoms. The minimum absolute atomic E-state index is 0.220. The molecule has 0 fully saturated rings. The lowest BCUT2D eigenvalue weighted by atomic mass is 10.2. The van der Waals surface area contributed by atoms with E-state index in [1.807, 2.05) is 0 Å². The third kappa shape index (κ3) is 4.55. The highest BCUT2D eigenvalue weighted by atomic mass is 16.4. The Bertz CT molecular complexity index is 570. The molecule has 0 saturated heterocycles. The zero-order chi connectivity index (χ0) is 14.3. The molecular formula is C13H12N2O4. The number of aromatic carboxylic acids is 2. The molecule has 19 heavy (non-hydrogen) atoms. The second-order valence-electron chi connectivity index (χ2n) is 3.49. The summed E-state index contributed by atoms with van der Waals surface area (Å²) in [6, 6.07) is 6.22. The SMILES string of the molecule is Cc1ncccc1C(=O)O.O=C(O)c1cccnc1. The fraction of sp³-hybridized carbons (Fsp3) is 0.0769. The van der Waals surface area contributed by atoms with Gasteiger partial charge in [0.15, 0.2) is 0 Å². The number of carboxylic acid groups (broad SMARTS) is 2. The standard InChI is InChI=1S/C7H7NO2.C6H5NO2/c1-5-6(7(9)10)3-2-4-8-5;8-6(9)5-2-1-3-7-4-5/h2-4H,1H3,(H,9,10);1-4H,(H,8,9). The second-order valence-corrected chi connectivity index (χ2v) is 3.49. The van der Waals surface area contributed by atoms with E-state index in [2.05, 4.69) is 9.97 Å². The van der Waals surface area contributed by atoms with Crippen LogP contribution in [0.15, 0.2) is 42.9 Å². The van der Waals surface area contributed by atoms with Gasteiger partial charge in [0.05, 0.1) is 16.8 Å². The molecule has 2 heterocycles. The molecule has 0 saturated carbocycles. The van der Waals surface area contributed by atoms with E-state index in [0.29, 0.717) is 5.69 Å². The first kappa shape index (κ1) is 14.3. The fourth-order valence-corrected chi connectivity index (χ4v) is 1.20. The lowest BCUT2D eigenvalue weighted by Gasteiger charge is -1.95. The van der Waals surface area contributed by atoms with Crippen molar-refractivity contribution < 1.29 is 19.8 Å². The zero-order valence-electron chi connectivity index (χ0n) is 10.1. The van der Waals surface area contributed by atoms with E-state index in [-0.39, 0.29) is 11.1 Å². The number of pyridine rings is 2. The number of aromatic nitrogens is 2. The van der Waals surface area contributed by atoms with Crippen LogP contribution in [0.4, 0.5) is 0 Å². The molecule has 0 aliphatic rings. The summed E-state index contributed by atoms with van der Waals surface area (Å²) in [5.74, 6) is -1.87. The summed E-state index contributed by atoms with van der Waals surface area (Å²) >= 11 is 0. The molecule has 0 amide bonds. The van der Waals surface area contributed by atoms with Crippen molar-refractivity contribution >= 4 is 11.9 Å². The maximum Gasteiger partial charge on any atom is 0.337 e. The molecule has 2 rings (SSSR count). The van der Waals surface area contributed by atoms with Gasteiger partial charge >= 0.3 is 11.9 Å². The van der Waals surface area contributed by atoms with Gasteiger partial charge in [0.2, 0.25) is 0 Å². The lowest BCUT2D eigenvalue weighted by Crippen LogP contribution is -2.00. The Kier molecular flexibility index (Phi) is 5.16. The maximum atomic E-state index is 10.4. The van der Waals surface area contributed by atoms with Crippen LogP contribution >= 0.6 is 0 Å². The molecule has 0 aliphatic heterocycles. The number of hydrogen-bond donors (Lipinski definition) is 2. The van der Waals surface area contributed by atoms with Gasteiger partial charge in [-0.2, -0.15) is 0 Å². The molecule has 0 aromatic carbocycles. The van der Waals surface area contributed by atoms with Crippen LogP contribution in [-0.2, 0) is 0 Å². The van der Waals surface area contributed by atoms with Gasteiger partial charge in [-0.25, -0.2) is 9.59 Å². The second kappa shape index (κ2) is 6.85. The summed E-state index contributed by atoms with van der Waals surface area (Å²) in [6.07, 6.45) is 4.41. The Morgan fingerprint density at radius 1 is 1.05 bits per heavy atom. The first-order valence-electron chi connectivity index (χ1n) is 5.30. The van der Waals surface area contributed by atoms with Crippen LogP contribution in [0.5, 0.6) is 0 Å². The molecule has 0 unspecified atom stereocenters. The smallest absolute Gasteiger partial charge is 0.337 e. The third-order valence-electron chi connectivity index (χ3n) is 2.15. The number of aryl methyl sites for hydroxylation is 1. The average Bonchev–Trinajstić information content (AvgIpc) is 2.40. The number of nitrogens with zero attached hydrogens (tertiary/aromatic N) is 2. The number of carboxylic acids is 2. The van der Waals surface area contributed by atoms with E-state index in [1.54, 1.807) is 25.3 Å². The van der Waals surface area contributed by atoms with Crippen molar-refractivity contribution in [3.05, 3.63) is 59.7 Å². The van der Waals surface area contributed by atoms with Gasteiger partial charge in [-0.15, -0.1) is 0 Å². The third-order valence-corrected chi connectivity index (χ3v) is 2.15. The van der Waals surface area contributed by atoms with Gasteiger partial charge in [-0.05, 0) is 31.2 Å². The maximum absolute atomic E-state index is 10.4. The van der Waals surface area contributed by atoms with Crippen LogP contribution in [0.1, 0.15) is 26.4 Å². The van der Waals surface area contributed by atoms with E-state index in [1.165, 1.54) is 24.5 Å². The van der Waals surface area contributed by atoms with E-state index >= 15 is 0 Å². The molecule has 0 radical (unpaired) electrons. The van der Waals surface area contributed by atoms with Crippen LogP contribution in [0, 0.1) is 6.92 Å². The van der Waals surface area contributed by atoms with Gasteiger partial charge in [-0.1, -0.05) is 0 Å². The van der Waals surface area contributed by atoms with E-state index in [4.69, 9.17) is 10.2 Å². The predicted molar refractivity (Wildman–Crippen MR) is 67.1 cm³/mol. The summed E-state index contributed by atoms with van der Waals surface area (Å²) in [5.41, 5.74) is 1.04. The molecular weight excluding hydrogens is 248 g/mol. The fourth-order valence-electron chi connectivity index (χ4n) is 1.20. The van der Waals surface area contributed by atoms with Crippen molar-refractivity contribution in [2.75, 3.05) is 0 Å². The van der Waals surface area contributed by atoms with Gasteiger partial charge < -0.3 is 10.2 Å². The van der Waals surface area contributed by atoms with Crippen molar-refractivity contribution in [1.29, 1.82) is 0 Å². The van der Waals surface area contributed by atoms with Gasteiger partial charge in [-0.3, -0.25) is 9.97 Å². The minimum atomic E-state index is -0.942. The molecule has 2 N–H and O–H groups in total. The molecule has 0 atom stereocenters. The van der Waals surface area contributed by atoms with Gasteiger partial charge in [0.25, 0.3) is 0 Å². The Labute approximate surface area is 109 Å². The van der Waals surface area contributed by atoms with Gasteiger partial charge in [0, 0.05) is 18.6 Å². The van der Waals surface area contributed by atoms with Crippen LogP contribution in [-0.4, -0.2) is 32.1 Å². The van der Waals surface area contributed by atoms with Crippen LogP contribution in [0.3, 0.4) is 0 Å². The predicted octanol–water partition coefficient (Wildman–Crippen LogP) is 1.87.